The van der Waals surface area contributed by atoms with E-state index >= 15 is 0 Å². The van der Waals surface area contributed by atoms with E-state index in [-0.39, 0.29) is 10.8 Å². The fourth-order valence-corrected chi connectivity index (χ4v) is 14.8. The van der Waals surface area contributed by atoms with Gasteiger partial charge in [0, 0.05) is 5.41 Å². The summed E-state index contributed by atoms with van der Waals surface area (Å²) in [7, 11) is 0. The van der Waals surface area contributed by atoms with Crippen molar-refractivity contribution in [1.82, 2.24) is 0 Å². The highest BCUT2D eigenvalue weighted by atomic mass is 14.4. The van der Waals surface area contributed by atoms with Crippen molar-refractivity contribution < 1.29 is 0 Å². The minimum absolute atomic E-state index is 0.0108. The monoisotopic (exact) mass is 940 g/mol. The number of benzene rings is 11. The van der Waals surface area contributed by atoms with E-state index in [1.165, 1.54) is 166 Å². The molecule has 0 saturated heterocycles. The minimum Gasteiger partial charge on any atom is -0.0721 e. The molecule has 74 heavy (non-hydrogen) atoms. The zero-order chi connectivity index (χ0) is 49.2. The van der Waals surface area contributed by atoms with Gasteiger partial charge in [0.1, 0.15) is 0 Å². The molecule has 0 heterocycles. The molecule has 0 spiro atoms. The van der Waals surface area contributed by atoms with Crippen molar-refractivity contribution in [1.29, 1.82) is 0 Å². The molecule has 0 bridgehead atoms. The number of allylic oxidation sites excluding steroid dienone is 2. The molecule has 16 rings (SSSR count). The molecule has 348 valence electrons. The van der Waals surface area contributed by atoms with Crippen LogP contribution in [0.5, 0.6) is 0 Å². The van der Waals surface area contributed by atoms with Crippen LogP contribution in [0.25, 0.3) is 122 Å². The van der Waals surface area contributed by atoms with E-state index in [1.54, 1.807) is 0 Å². The molecule has 11 aromatic carbocycles. The molecule has 0 atom stereocenters. The molecular formula is C74H52. The molecule has 0 N–H and O–H groups in total. The third kappa shape index (κ3) is 5.53. The van der Waals surface area contributed by atoms with Gasteiger partial charge in [-0.05, 0) is 191 Å². The van der Waals surface area contributed by atoms with E-state index in [0.717, 1.165) is 12.8 Å². The van der Waals surface area contributed by atoms with Crippen molar-refractivity contribution in [3.63, 3.8) is 0 Å². The molecule has 0 aromatic heterocycles. The highest BCUT2D eigenvalue weighted by Crippen LogP contribution is 2.64. The van der Waals surface area contributed by atoms with Crippen molar-refractivity contribution >= 4 is 32.7 Å². The standard InChI is InChI=1S/C74H52/c1-73(2)42-47-40-45(34-36-48(47)49-24-15-17-32-60(49)73)65-54-28-13-14-29-55(54)66(46-35-37-51-50-25-16-18-33-61(50)74(3,4)62(51)41-46)70-57-31-19-30-56-67-58(38-39-59(68(57)67)72(65)70)71-64(44-22-9-6-10-23-44)53-27-12-11-26-52(53)63(69(56)71)43-20-7-5-8-21-43/h5-18,20-41H,19,42H2,1-4H3. The number of hydrogen-bond acceptors (Lipinski definition) is 0. The fraction of sp³-hybridized carbons (Fsp3) is 0.108. The van der Waals surface area contributed by atoms with Gasteiger partial charge in [-0.2, -0.15) is 0 Å². The molecule has 0 unspecified atom stereocenters. The maximum Gasteiger partial charge on any atom is 0.0159 e. The summed E-state index contributed by atoms with van der Waals surface area (Å²) < 4.78 is 0. The first-order valence-electron chi connectivity index (χ1n) is 26.6. The molecular weight excluding hydrogens is 889 g/mol. The SMILES string of the molecule is CC1(C)Cc2cc(-c3c4c(c(-c5ccc6c(c5)C(C)(C)c5ccccc5-6)c5ccccc35)C3=CCC=C5c6c(ccc-4c63)-c3c5c(-c4ccccc4)c4ccccc4c3-c3ccccc3)ccc2-c2ccccc21. The Kier molecular flexibility index (Phi) is 8.51. The van der Waals surface area contributed by atoms with Crippen molar-refractivity contribution in [2.24, 2.45) is 0 Å². The molecule has 0 heteroatoms. The van der Waals surface area contributed by atoms with Gasteiger partial charge in [-0.3, -0.25) is 0 Å². The van der Waals surface area contributed by atoms with Gasteiger partial charge in [-0.15, -0.1) is 0 Å². The summed E-state index contributed by atoms with van der Waals surface area (Å²) in [5, 5.41) is 5.18. The Labute approximate surface area is 433 Å². The normalized spacial score (nSPS) is 15.3. The minimum atomic E-state index is -0.136. The summed E-state index contributed by atoms with van der Waals surface area (Å²) in [5.74, 6) is 0. The molecule has 0 aliphatic heterocycles. The second-order valence-electron chi connectivity index (χ2n) is 22.6. The lowest BCUT2D eigenvalue weighted by Gasteiger charge is -2.34. The summed E-state index contributed by atoms with van der Waals surface area (Å²) in [5.41, 5.74) is 34.9. The fourth-order valence-electron chi connectivity index (χ4n) is 14.8. The van der Waals surface area contributed by atoms with Gasteiger partial charge >= 0.3 is 0 Å². The van der Waals surface area contributed by atoms with Gasteiger partial charge in [-0.1, -0.05) is 240 Å². The molecule has 0 fully saturated rings. The van der Waals surface area contributed by atoms with E-state index < -0.39 is 0 Å². The van der Waals surface area contributed by atoms with E-state index in [1.807, 2.05) is 0 Å². The zero-order valence-electron chi connectivity index (χ0n) is 42.2. The van der Waals surface area contributed by atoms with Crippen LogP contribution in [0.4, 0.5) is 0 Å². The van der Waals surface area contributed by atoms with Crippen LogP contribution in [0, 0.1) is 0 Å². The molecule has 0 saturated carbocycles. The summed E-state index contributed by atoms with van der Waals surface area (Å²) in [6.45, 7) is 9.67. The molecule has 0 nitrogen and oxygen atoms in total. The molecule has 11 aromatic rings. The highest BCUT2D eigenvalue weighted by molar-refractivity contribution is 6.27. The predicted molar refractivity (Wildman–Crippen MR) is 313 cm³/mol. The van der Waals surface area contributed by atoms with Crippen LogP contribution in [-0.4, -0.2) is 0 Å². The highest BCUT2D eigenvalue weighted by Gasteiger charge is 2.42. The Balaban J connectivity index is 1.02. The van der Waals surface area contributed by atoms with Gasteiger partial charge in [0.05, 0.1) is 0 Å². The van der Waals surface area contributed by atoms with Crippen molar-refractivity contribution in [2.75, 3.05) is 0 Å². The largest absolute Gasteiger partial charge is 0.0721 e. The first-order chi connectivity index (χ1) is 36.3. The summed E-state index contributed by atoms with van der Waals surface area (Å²) >= 11 is 0. The average Bonchev–Trinajstić information content (AvgIpc) is 3.97. The number of hydrogen-bond donors (Lipinski definition) is 0. The van der Waals surface area contributed by atoms with Gasteiger partial charge in [0.25, 0.3) is 0 Å². The van der Waals surface area contributed by atoms with Crippen LogP contribution in [0.3, 0.4) is 0 Å². The van der Waals surface area contributed by atoms with E-state index in [9.17, 15) is 0 Å². The van der Waals surface area contributed by atoms with Gasteiger partial charge in [0.15, 0.2) is 0 Å². The topological polar surface area (TPSA) is 0 Å². The first-order valence-corrected chi connectivity index (χ1v) is 26.6. The Morgan fingerprint density at radius 3 is 1.26 bits per heavy atom. The number of rotatable bonds is 4. The van der Waals surface area contributed by atoms with Crippen LogP contribution in [0.15, 0.2) is 218 Å². The van der Waals surface area contributed by atoms with Crippen LogP contribution < -0.4 is 0 Å². The maximum atomic E-state index is 2.58. The lowest BCUT2D eigenvalue weighted by molar-refractivity contribution is 0.517. The van der Waals surface area contributed by atoms with Crippen LogP contribution in [-0.2, 0) is 17.3 Å². The lowest BCUT2D eigenvalue weighted by Crippen LogP contribution is -2.25. The van der Waals surface area contributed by atoms with Crippen molar-refractivity contribution in [3.05, 3.63) is 263 Å². The van der Waals surface area contributed by atoms with Crippen LogP contribution in [0.1, 0.15) is 78.6 Å². The predicted octanol–water partition coefficient (Wildman–Crippen LogP) is 19.7. The molecule has 0 amide bonds. The van der Waals surface area contributed by atoms with Crippen LogP contribution in [0.2, 0.25) is 0 Å². The zero-order valence-corrected chi connectivity index (χ0v) is 42.2. The van der Waals surface area contributed by atoms with E-state index in [4.69, 9.17) is 0 Å². The van der Waals surface area contributed by atoms with Gasteiger partial charge in [0.2, 0.25) is 0 Å². The van der Waals surface area contributed by atoms with E-state index in [2.05, 4.69) is 246 Å². The van der Waals surface area contributed by atoms with Crippen LogP contribution >= 0.6 is 0 Å². The molecule has 5 aliphatic carbocycles. The van der Waals surface area contributed by atoms with Gasteiger partial charge in [-0.25, -0.2) is 0 Å². The Hall–Kier alpha value is -8.58. The smallest absolute Gasteiger partial charge is 0.0159 e. The maximum absolute atomic E-state index is 2.58. The van der Waals surface area contributed by atoms with Gasteiger partial charge < -0.3 is 0 Å². The Morgan fingerprint density at radius 2 is 0.689 bits per heavy atom. The van der Waals surface area contributed by atoms with E-state index in [0.29, 0.717) is 0 Å². The molecule has 0 radical (unpaired) electrons. The second-order valence-corrected chi connectivity index (χ2v) is 22.6. The third-order valence-corrected chi connectivity index (χ3v) is 17.9. The quantitative estimate of drug-likeness (QED) is 0.165. The Morgan fingerprint density at radius 1 is 0.284 bits per heavy atom. The first kappa shape index (κ1) is 42.0. The van der Waals surface area contributed by atoms with Crippen molar-refractivity contribution in [2.45, 2.75) is 51.4 Å². The summed E-state index contributed by atoms with van der Waals surface area (Å²) in [6, 6.07) is 78.8. The average molecular weight is 941 g/mol. The third-order valence-electron chi connectivity index (χ3n) is 17.9. The summed E-state index contributed by atoms with van der Waals surface area (Å²) in [4.78, 5) is 0. The Bertz CT molecular complexity index is 4380. The number of fused-ring (bicyclic) bond motifs is 14. The summed E-state index contributed by atoms with van der Waals surface area (Å²) in [6.07, 6.45) is 6.95. The second kappa shape index (κ2) is 15.0. The lowest BCUT2D eigenvalue weighted by atomic mass is 9.69. The van der Waals surface area contributed by atoms with Crippen molar-refractivity contribution in [3.8, 4) is 89.0 Å². The molecule has 5 aliphatic rings.